The highest BCUT2D eigenvalue weighted by Gasteiger charge is 2.14. The van der Waals surface area contributed by atoms with Crippen molar-refractivity contribution in [2.24, 2.45) is 12.8 Å². The maximum absolute atomic E-state index is 5.82. The smallest absolute Gasteiger partial charge is 0.0946 e. The van der Waals surface area contributed by atoms with Gasteiger partial charge in [-0.15, -0.1) is 0 Å². The molecule has 17 heavy (non-hydrogen) atoms. The average Bonchev–Trinajstić information content (AvgIpc) is 2.66. The molecule has 2 heterocycles. The van der Waals surface area contributed by atoms with Gasteiger partial charge in [0.15, 0.2) is 0 Å². The van der Waals surface area contributed by atoms with E-state index in [1.54, 1.807) is 18.0 Å². The van der Waals surface area contributed by atoms with Crippen molar-refractivity contribution in [2.75, 3.05) is 6.54 Å². The van der Waals surface area contributed by atoms with Crippen LogP contribution in [0.4, 0.5) is 0 Å². The number of thioether (sulfide) groups is 1. The first-order valence-corrected chi connectivity index (χ1v) is 6.37. The second kappa shape index (κ2) is 5.33. The maximum atomic E-state index is 5.82. The Morgan fingerprint density at radius 2 is 2.29 bits per heavy atom. The Hall–Kier alpha value is -1.33. The number of aromatic nitrogens is 3. The quantitative estimate of drug-likeness (QED) is 0.840. The zero-order valence-electron chi connectivity index (χ0n) is 10.00. The van der Waals surface area contributed by atoms with Gasteiger partial charge in [-0.05, 0) is 25.1 Å². The van der Waals surface area contributed by atoms with Crippen LogP contribution in [0.2, 0.25) is 0 Å². The third kappa shape index (κ3) is 2.87. The SMILES string of the molecule is Cc1cc(SC(CN)c2ccccn2)n(C)n1. The molecule has 0 spiro atoms. The molecule has 0 aliphatic heterocycles. The first kappa shape index (κ1) is 12.1. The zero-order chi connectivity index (χ0) is 12.3. The lowest BCUT2D eigenvalue weighted by Crippen LogP contribution is -2.11. The Kier molecular flexibility index (Phi) is 3.81. The largest absolute Gasteiger partial charge is 0.329 e. The van der Waals surface area contributed by atoms with Crippen molar-refractivity contribution >= 4 is 11.8 Å². The molecule has 0 aromatic carbocycles. The van der Waals surface area contributed by atoms with Crippen LogP contribution in [-0.4, -0.2) is 21.3 Å². The third-order valence-electron chi connectivity index (χ3n) is 2.45. The monoisotopic (exact) mass is 248 g/mol. The maximum Gasteiger partial charge on any atom is 0.0946 e. The predicted octanol–water partition coefficient (Wildman–Crippen LogP) is 1.92. The molecule has 0 amide bonds. The van der Waals surface area contributed by atoms with Gasteiger partial charge in [0.25, 0.3) is 0 Å². The molecule has 0 radical (unpaired) electrons. The van der Waals surface area contributed by atoms with Crippen LogP contribution in [0.3, 0.4) is 0 Å². The van der Waals surface area contributed by atoms with E-state index in [4.69, 9.17) is 5.73 Å². The minimum absolute atomic E-state index is 0.172. The third-order valence-corrected chi connectivity index (χ3v) is 3.80. The fourth-order valence-electron chi connectivity index (χ4n) is 1.64. The van der Waals surface area contributed by atoms with Gasteiger partial charge in [0, 0.05) is 19.8 Å². The first-order valence-electron chi connectivity index (χ1n) is 5.49. The molecule has 5 heteroatoms. The van der Waals surface area contributed by atoms with Gasteiger partial charge in [-0.25, -0.2) is 0 Å². The second-order valence-corrected chi connectivity index (χ2v) is 5.07. The normalized spacial score (nSPS) is 12.6. The standard InChI is InChI=1S/C12H16N4S/c1-9-7-12(16(2)15-9)17-11(8-13)10-5-3-4-6-14-10/h3-7,11H,8,13H2,1-2H3. The molecule has 0 fully saturated rings. The highest BCUT2D eigenvalue weighted by Crippen LogP contribution is 2.33. The summed E-state index contributed by atoms with van der Waals surface area (Å²) < 4.78 is 1.88. The van der Waals surface area contributed by atoms with Gasteiger partial charge in [-0.1, -0.05) is 17.8 Å². The molecule has 1 unspecified atom stereocenters. The molecular weight excluding hydrogens is 232 g/mol. The Labute approximate surface area is 105 Å². The second-order valence-electron chi connectivity index (χ2n) is 3.84. The van der Waals surface area contributed by atoms with Gasteiger partial charge in [0.1, 0.15) is 0 Å². The molecule has 2 rings (SSSR count). The minimum Gasteiger partial charge on any atom is -0.329 e. The van der Waals surface area contributed by atoms with Crippen molar-refractivity contribution in [2.45, 2.75) is 17.2 Å². The van der Waals surface area contributed by atoms with Crippen molar-refractivity contribution in [3.8, 4) is 0 Å². The molecule has 2 aromatic heterocycles. The van der Waals surface area contributed by atoms with E-state index in [0.717, 1.165) is 16.4 Å². The summed E-state index contributed by atoms with van der Waals surface area (Å²) in [5.74, 6) is 0. The summed E-state index contributed by atoms with van der Waals surface area (Å²) in [7, 11) is 1.95. The van der Waals surface area contributed by atoms with E-state index in [-0.39, 0.29) is 5.25 Å². The lowest BCUT2D eigenvalue weighted by atomic mass is 10.3. The fourth-order valence-corrected chi connectivity index (χ4v) is 2.72. The van der Waals surface area contributed by atoms with Gasteiger partial charge in [0.2, 0.25) is 0 Å². The van der Waals surface area contributed by atoms with E-state index >= 15 is 0 Å². The van der Waals surface area contributed by atoms with E-state index in [9.17, 15) is 0 Å². The van der Waals surface area contributed by atoms with Crippen LogP contribution in [0.5, 0.6) is 0 Å². The summed E-state index contributed by atoms with van der Waals surface area (Å²) in [6.45, 7) is 2.55. The highest BCUT2D eigenvalue weighted by molar-refractivity contribution is 7.99. The van der Waals surface area contributed by atoms with Gasteiger partial charge in [-0.2, -0.15) is 5.10 Å². The van der Waals surface area contributed by atoms with E-state index in [1.807, 2.05) is 36.9 Å². The molecule has 0 saturated heterocycles. The molecule has 0 aliphatic carbocycles. The number of aryl methyl sites for hydroxylation is 2. The summed E-state index contributed by atoms with van der Waals surface area (Å²) in [6, 6.07) is 7.97. The van der Waals surface area contributed by atoms with Crippen LogP contribution >= 0.6 is 11.8 Å². The summed E-state index contributed by atoms with van der Waals surface area (Å²) in [5.41, 5.74) is 7.85. The summed E-state index contributed by atoms with van der Waals surface area (Å²) >= 11 is 1.70. The first-order chi connectivity index (χ1) is 8.20. The van der Waals surface area contributed by atoms with E-state index in [0.29, 0.717) is 6.54 Å². The van der Waals surface area contributed by atoms with Crippen LogP contribution < -0.4 is 5.73 Å². The Morgan fingerprint density at radius 3 is 2.82 bits per heavy atom. The molecule has 1 atom stereocenters. The van der Waals surface area contributed by atoms with Crippen LogP contribution in [-0.2, 0) is 7.05 Å². The Morgan fingerprint density at radius 1 is 1.47 bits per heavy atom. The minimum atomic E-state index is 0.172. The van der Waals surface area contributed by atoms with Crippen LogP contribution in [0.25, 0.3) is 0 Å². The number of nitrogens with zero attached hydrogens (tertiary/aromatic N) is 3. The van der Waals surface area contributed by atoms with Crippen LogP contribution in [0, 0.1) is 6.92 Å². The molecule has 90 valence electrons. The number of rotatable bonds is 4. The average molecular weight is 248 g/mol. The molecule has 2 aromatic rings. The molecule has 0 saturated carbocycles. The highest BCUT2D eigenvalue weighted by atomic mass is 32.2. The predicted molar refractivity (Wildman–Crippen MR) is 69.8 cm³/mol. The van der Waals surface area contributed by atoms with E-state index in [1.165, 1.54) is 0 Å². The number of hydrogen-bond acceptors (Lipinski definition) is 4. The van der Waals surface area contributed by atoms with Crippen molar-refractivity contribution < 1.29 is 0 Å². The molecule has 2 N–H and O–H groups in total. The molecule has 0 aliphatic rings. The molecular formula is C12H16N4S. The Bertz CT molecular complexity index is 481. The van der Waals surface area contributed by atoms with Crippen LogP contribution in [0.1, 0.15) is 16.6 Å². The van der Waals surface area contributed by atoms with Gasteiger partial charge in [0.05, 0.1) is 21.7 Å². The van der Waals surface area contributed by atoms with Gasteiger partial charge < -0.3 is 5.73 Å². The van der Waals surface area contributed by atoms with Crippen molar-refractivity contribution in [1.29, 1.82) is 0 Å². The van der Waals surface area contributed by atoms with E-state index in [2.05, 4.69) is 16.1 Å². The molecule has 4 nitrogen and oxygen atoms in total. The lowest BCUT2D eigenvalue weighted by Gasteiger charge is -2.13. The number of hydrogen-bond donors (Lipinski definition) is 1. The Balaban J connectivity index is 2.18. The van der Waals surface area contributed by atoms with Crippen molar-refractivity contribution in [1.82, 2.24) is 14.8 Å². The summed E-state index contributed by atoms with van der Waals surface area (Å²) in [5, 5.41) is 5.61. The van der Waals surface area contributed by atoms with E-state index < -0.39 is 0 Å². The van der Waals surface area contributed by atoms with Gasteiger partial charge in [-0.3, -0.25) is 9.67 Å². The molecule has 0 bridgehead atoms. The van der Waals surface area contributed by atoms with Crippen LogP contribution in [0.15, 0.2) is 35.5 Å². The van der Waals surface area contributed by atoms with Crippen molar-refractivity contribution in [3.63, 3.8) is 0 Å². The summed E-state index contributed by atoms with van der Waals surface area (Å²) in [4.78, 5) is 4.35. The lowest BCUT2D eigenvalue weighted by molar-refractivity contribution is 0.690. The zero-order valence-corrected chi connectivity index (χ0v) is 10.8. The summed E-state index contributed by atoms with van der Waals surface area (Å²) in [6.07, 6.45) is 1.80. The topological polar surface area (TPSA) is 56.7 Å². The van der Waals surface area contributed by atoms with Crippen molar-refractivity contribution in [3.05, 3.63) is 41.9 Å². The fraction of sp³-hybridized carbons (Fsp3) is 0.333. The van der Waals surface area contributed by atoms with Gasteiger partial charge >= 0.3 is 0 Å². The number of pyridine rings is 1. The number of nitrogens with two attached hydrogens (primary N) is 1.